The van der Waals surface area contributed by atoms with E-state index >= 15 is 0 Å². The van der Waals surface area contributed by atoms with Crippen LogP contribution < -0.4 is 16.8 Å². The van der Waals surface area contributed by atoms with E-state index in [9.17, 15) is 14.4 Å². The molecule has 2 aromatic carbocycles. The lowest BCUT2D eigenvalue weighted by Gasteiger charge is -2.14. The van der Waals surface area contributed by atoms with E-state index in [1.807, 2.05) is 0 Å². The molecule has 1 unspecified atom stereocenters. The number of carbonyl (C=O) groups excluding carboxylic acids is 3. The molecule has 0 spiro atoms. The van der Waals surface area contributed by atoms with Crippen LogP contribution >= 0.6 is 11.6 Å². The molecule has 8 heteroatoms. The Labute approximate surface area is 148 Å². The van der Waals surface area contributed by atoms with Gasteiger partial charge in [-0.15, -0.1) is 0 Å². The summed E-state index contributed by atoms with van der Waals surface area (Å²) in [6.07, 6.45) is -1.04. The van der Waals surface area contributed by atoms with E-state index in [0.717, 1.165) is 0 Å². The fraction of sp³-hybridized carbons (Fsp3) is 0.118. The lowest BCUT2D eigenvalue weighted by atomic mass is 10.2. The molecule has 2 amide bonds. The first-order valence-corrected chi connectivity index (χ1v) is 7.62. The Kier molecular flexibility index (Phi) is 5.61. The van der Waals surface area contributed by atoms with Crippen molar-refractivity contribution in [1.82, 2.24) is 0 Å². The lowest BCUT2D eigenvalue weighted by molar-refractivity contribution is -0.123. The normalized spacial score (nSPS) is 11.4. The Morgan fingerprint density at radius 2 is 1.68 bits per heavy atom. The van der Waals surface area contributed by atoms with E-state index in [4.69, 9.17) is 27.8 Å². The number of nitrogen functional groups attached to an aromatic ring is 1. The van der Waals surface area contributed by atoms with Crippen LogP contribution in [0.3, 0.4) is 0 Å². The number of hydrogen-bond donors (Lipinski definition) is 3. The van der Waals surface area contributed by atoms with Gasteiger partial charge in [-0.2, -0.15) is 0 Å². The summed E-state index contributed by atoms with van der Waals surface area (Å²) in [7, 11) is 0. The van der Waals surface area contributed by atoms with Crippen LogP contribution in [0.25, 0.3) is 0 Å². The van der Waals surface area contributed by atoms with Crippen LogP contribution in [-0.2, 0) is 9.53 Å². The number of carbonyl (C=O) groups is 3. The Bertz CT molecular complexity index is 821. The number of amides is 2. The maximum absolute atomic E-state index is 12.1. The summed E-state index contributed by atoms with van der Waals surface area (Å²) in [6, 6.07) is 10.3. The van der Waals surface area contributed by atoms with Crippen LogP contribution in [0.5, 0.6) is 0 Å². The van der Waals surface area contributed by atoms with Crippen molar-refractivity contribution in [3.05, 3.63) is 58.6 Å². The van der Waals surface area contributed by atoms with Gasteiger partial charge < -0.3 is 21.5 Å². The number of hydrogen-bond acceptors (Lipinski definition) is 5. The van der Waals surface area contributed by atoms with Gasteiger partial charge in [-0.3, -0.25) is 9.59 Å². The molecule has 0 aliphatic rings. The Morgan fingerprint density at radius 3 is 2.24 bits per heavy atom. The summed E-state index contributed by atoms with van der Waals surface area (Å²) < 4.78 is 5.10. The first kappa shape index (κ1) is 18.3. The van der Waals surface area contributed by atoms with Crippen LogP contribution in [0.1, 0.15) is 27.6 Å². The fourth-order valence-electron chi connectivity index (χ4n) is 1.91. The third kappa shape index (κ3) is 4.71. The molecule has 130 valence electrons. The summed E-state index contributed by atoms with van der Waals surface area (Å²) >= 11 is 5.79. The molecule has 25 heavy (non-hydrogen) atoms. The molecule has 0 aliphatic carbocycles. The topological polar surface area (TPSA) is 125 Å². The van der Waals surface area contributed by atoms with Crippen LogP contribution in [0, 0.1) is 0 Å². The van der Waals surface area contributed by atoms with Crippen molar-refractivity contribution >= 4 is 40.8 Å². The molecule has 2 aromatic rings. The van der Waals surface area contributed by atoms with Crippen molar-refractivity contribution in [2.24, 2.45) is 5.73 Å². The summed E-state index contributed by atoms with van der Waals surface area (Å²) in [5.41, 5.74) is 12.0. The van der Waals surface area contributed by atoms with Crippen molar-refractivity contribution in [2.75, 3.05) is 11.1 Å². The second-order valence-corrected chi connectivity index (χ2v) is 5.62. The van der Waals surface area contributed by atoms with Crippen molar-refractivity contribution in [2.45, 2.75) is 13.0 Å². The number of benzene rings is 2. The van der Waals surface area contributed by atoms with Gasteiger partial charge in [0.2, 0.25) is 5.91 Å². The van der Waals surface area contributed by atoms with Crippen LogP contribution in [0.2, 0.25) is 5.02 Å². The molecule has 0 radical (unpaired) electrons. The van der Waals surface area contributed by atoms with Gasteiger partial charge in [0.15, 0.2) is 6.10 Å². The molecule has 2 rings (SSSR count). The average molecular weight is 362 g/mol. The van der Waals surface area contributed by atoms with E-state index in [-0.39, 0.29) is 11.3 Å². The molecular formula is C17H16ClN3O4. The van der Waals surface area contributed by atoms with Crippen molar-refractivity contribution in [3.63, 3.8) is 0 Å². The highest BCUT2D eigenvalue weighted by atomic mass is 35.5. The third-order valence-corrected chi connectivity index (χ3v) is 3.67. The van der Waals surface area contributed by atoms with Gasteiger partial charge >= 0.3 is 5.97 Å². The predicted molar refractivity (Wildman–Crippen MR) is 94.3 cm³/mol. The number of rotatable bonds is 5. The number of nitrogens with two attached hydrogens (primary N) is 2. The van der Waals surface area contributed by atoms with Crippen molar-refractivity contribution in [1.29, 1.82) is 0 Å². The lowest BCUT2D eigenvalue weighted by Crippen LogP contribution is -2.30. The van der Waals surface area contributed by atoms with Crippen LogP contribution in [0.15, 0.2) is 42.5 Å². The molecule has 7 nitrogen and oxygen atoms in total. The minimum absolute atomic E-state index is 0.187. The SMILES string of the molecule is CC(OC(=O)c1ccc(Cl)c(N)c1)C(=O)Nc1ccc(C(N)=O)cc1. The number of nitrogens with one attached hydrogen (secondary N) is 1. The van der Waals surface area contributed by atoms with E-state index in [2.05, 4.69) is 5.32 Å². The maximum Gasteiger partial charge on any atom is 0.338 e. The zero-order valence-corrected chi connectivity index (χ0v) is 14.0. The zero-order chi connectivity index (χ0) is 18.6. The highest BCUT2D eigenvalue weighted by molar-refractivity contribution is 6.33. The van der Waals surface area contributed by atoms with Crippen molar-refractivity contribution in [3.8, 4) is 0 Å². The standard InChI is InChI=1S/C17H16ClN3O4/c1-9(25-17(24)11-4-7-13(18)14(19)8-11)16(23)21-12-5-2-10(3-6-12)15(20)22/h2-9H,19H2,1H3,(H2,20,22)(H,21,23). The fourth-order valence-corrected chi connectivity index (χ4v) is 2.03. The smallest absolute Gasteiger partial charge is 0.338 e. The van der Waals surface area contributed by atoms with Gasteiger partial charge in [-0.25, -0.2) is 4.79 Å². The highest BCUT2D eigenvalue weighted by Crippen LogP contribution is 2.20. The maximum atomic E-state index is 12.1. The van der Waals surface area contributed by atoms with Gasteiger partial charge in [0, 0.05) is 11.3 Å². The second kappa shape index (κ2) is 7.67. The Hall–Kier alpha value is -3.06. The molecule has 0 heterocycles. The first-order chi connectivity index (χ1) is 11.8. The molecule has 0 aromatic heterocycles. The summed E-state index contributed by atoms with van der Waals surface area (Å²) in [5.74, 6) is -1.79. The van der Waals surface area contributed by atoms with E-state index in [1.165, 1.54) is 49.4 Å². The van der Waals surface area contributed by atoms with E-state index in [0.29, 0.717) is 16.3 Å². The first-order valence-electron chi connectivity index (χ1n) is 7.24. The number of primary amides is 1. The van der Waals surface area contributed by atoms with Gasteiger partial charge in [0.25, 0.3) is 5.91 Å². The number of esters is 1. The van der Waals surface area contributed by atoms with Crippen molar-refractivity contribution < 1.29 is 19.1 Å². The minimum Gasteiger partial charge on any atom is -0.449 e. The van der Waals surface area contributed by atoms with Gasteiger partial charge in [-0.1, -0.05) is 11.6 Å². The Morgan fingerprint density at radius 1 is 1.08 bits per heavy atom. The van der Waals surface area contributed by atoms with Gasteiger partial charge in [0.05, 0.1) is 16.3 Å². The van der Waals surface area contributed by atoms with E-state index in [1.54, 1.807) is 0 Å². The summed E-state index contributed by atoms with van der Waals surface area (Å²) in [5, 5.41) is 2.89. The quantitative estimate of drug-likeness (QED) is 0.556. The predicted octanol–water partition coefficient (Wildman–Crippen LogP) is 2.21. The molecule has 0 bridgehead atoms. The van der Waals surface area contributed by atoms with Crippen LogP contribution in [-0.4, -0.2) is 23.9 Å². The molecule has 0 fully saturated rings. The molecule has 0 aliphatic heterocycles. The minimum atomic E-state index is -1.04. The van der Waals surface area contributed by atoms with Gasteiger partial charge in [0.1, 0.15) is 0 Å². The molecule has 5 N–H and O–H groups in total. The Balaban J connectivity index is 1.98. The van der Waals surface area contributed by atoms with Crippen LogP contribution in [0.4, 0.5) is 11.4 Å². The highest BCUT2D eigenvalue weighted by Gasteiger charge is 2.19. The number of halogens is 1. The molecule has 0 saturated carbocycles. The monoisotopic (exact) mass is 361 g/mol. The average Bonchev–Trinajstić information content (AvgIpc) is 2.57. The summed E-state index contributed by atoms with van der Waals surface area (Å²) in [6.45, 7) is 1.43. The molecule has 1 atom stereocenters. The molecule has 0 saturated heterocycles. The summed E-state index contributed by atoms with van der Waals surface area (Å²) in [4.78, 5) is 35.1. The zero-order valence-electron chi connectivity index (χ0n) is 13.3. The third-order valence-electron chi connectivity index (χ3n) is 3.32. The second-order valence-electron chi connectivity index (χ2n) is 5.21. The van der Waals surface area contributed by atoms with Gasteiger partial charge in [-0.05, 0) is 49.4 Å². The largest absolute Gasteiger partial charge is 0.449 e. The van der Waals surface area contributed by atoms with E-state index < -0.39 is 23.9 Å². The number of ether oxygens (including phenoxy) is 1. The number of anilines is 2. The molecular weight excluding hydrogens is 346 g/mol.